The molecule has 2 rings (SSSR count). The standard InChI is InChI=1S/C13H21N3O/c17-8-4-13-11-16(7-2-6-15-13)10-12-3-1-5-14-9-12/h1,3,5,9,13,15,17H,2,4,6-8,10-11H2. The molecule has 1 unspecified atom stereocenters. The Labute approximate surface area is 103 Å². The zero-order chi connectivity index (χ0) is 11.9. The maximum Gasteiger partial charge on any atom is 0.0446 e. The van der Waals surface area contributed by atoms with Gasteiger partial charge in [-0.3, -0.25) is 9.88 Å². The van der Waals surface area contributed by atoms with Crippen LogP contribution in [-0.2, 0) is 6.54 Å². The molecule has 0 spiro atoms. The van der Waals surface area contributed by atoms with Crippen LogP contribution in [0.5, 0.6) is 0 Å². The van der Waals surface area contributed by atoms with Gasteiger partial charge in [0, 0.05) is 38.1 Å². The van der Waals surface area contributed by atoms with E-state index in [1.165, 1.54) is 12.0 Å². The van der Waals surface area contributed by atoms with Gasteiger partial charge in [0.15, 0.2) is 0 Å². The van der Waals surface area contributed by atoms with Gasteiger partial charge in [-0.1, -0.05) is 6.07 Å². The third-order valence-corrected chi connectivity index (χ3v) is 3.17. The number of rotatable bonds is 4. The second-order valence-corrected chi connectivity index (χ2v) is 4.61. The fourth-order valence-electron chi connectivity index (χ4n) is 2.32. The summed E-state index contributed by atoms with van der Waals surface area (Å²) in [6.07, 6.45) is 5.74. The number of nitrogens with zero attached hydrogens (tertiary/aromatic N) is 2. The molecule has 1 aromatic rings. The number of hydrogen-bond donors (Lipinski definition) is 2. The van der Waals surface area contributed by atoms with Gasteiger partial charge in [-0.15, -0.1) is 0 Å². The van der Waals surface area contributed by atoms with E-state index >= 15 is 0 Å². The summed E-state index contributed by atoms with van der Waals surface area (Å²) in [6, 6.07) is 4.52. The Bertz CT molecular complexity index is 318. The van der Waals surface area contributed by atoms with Crippen LogP contribution in [0.3, 0.4) is 0 Å². The molecule has 0 amide bonds. The summed E-state index contributed by atoms with van der Waals surface area (Å²) in [4.78, 5) is 6.59. The van der Waals surface area contributed by atoms with E-state index in [0.717, 1.165) is 32.6 Å². The molecule has 0 radical (unpaired) electrons. The molecule has 2 heterocycles. The lowest BCUT2D eigenvalue weighted by Gasteiger charge is -2.23. The normalized spacial score (nSPS) is 22.3. The average Bonchev–Trinajstić information content (AvgIpc) is 2.56. The molecule has 1 aliphatic heterocycles. The van der Waals surface area contributed by atoms with E-state index in [1.54, 1.807) is 0 Å². The molecular formula is C13H21N3O. The van der Waals surface area contributed by atoms with Crippen molar-refractivity contribution in [1.29, 1.82) is 0 Å². The Kier molecular flexibility index (Phi) is 4.91. The zero-order valence-electron chi connectivity index (χ0n) is 10.2. The predicted octanol–water partition coefficient (Wildman–Crippen LogP) is 0.628. The van der Waals surface area contributed by atoms with E-state index in [9.17, 15) is 0 Å². The second kappa shape index (κ2) is 6.69. The molecule has 4 nitrogen and oxygen atoms in total. The third kappa shape index (κ3) is 4.07. The summed E-state index contributed by atoms with van der Waals surface area (Å²) in [6.45, 7) is 4.39. The van der Waals surface area contributed by atoms with Crippen molar-refractivity contribution in [2.75, 3.05) is 26.2 Å². The van der Waals surface area contributed by atoms with Gasteiger partial charge in [-0.2, -0.15) is 0 Å². The molecule has 0 aliphatic carbocycles. The lowest BCUT2D eigenvalue weighted by molar-refractivity contribution is 0.223. The first-order chi connectivity index (χ1) is 8.38. The molecule has 0 saturated carbocycles. The lowest BCUT2D eigenvalue weighted by Crippen LogP contribution is -2.38. The van der Waals surface area contributed by atoms with Gasteiger partial charge in [-0.05, 0) is 37.6 Å². The van der Waals surface area contributed by atoms with Gasteiger partial charge >= 0.3 is 0 Å². The molecule has 17 heavy (non-hydrogen) atoms. The molecule has 1 atom stereocenters. The fourth-order valence-corrected chi connectivity index (χ4v) is 2.32. The number of pyridine rings is 1. The van der Waals surface area contributed by atoms with Crippen LogP contribution < -0.4 is 5.32 Å². The zero-order valence-corrected chi connectivity index (χ0v) is 10.2. The SMILES string of the molecule is OCCC1CN(Cc2cccnc2)CCCN1. The van der Waals surface area contributed by atoms with Crippen LogP contribution in [0, 0.1) is 0 Å². The van der Waals surface area contributed by atoms with Gasteiger partial charge in [-0.25, -0.2) is 0 Å². The highest BCUT2D eigenvalue weighted by Gasteiger charge is 2.17. The van der Waals surface area contributed by atoms with Crippen LogP contribution in [0.15, 0.2) is 24.5 Å². The summed E-state index contributed by atoms with van der Waals surface area (Å²) >= 11 is 0. The molecule has 1 aromatic heterocycles. The summed E-state index contributed by atoms with van der Waals surface area (Å²) in [7, 11) is 0. The Morgan fingerprint density at radius 1 is 1.53 bits per heavy atom. The second-order valence-electron chi connectivity index (χ2n) is 4.61. The minimum atomic E-state index is 0.262. The summed E-state index contributed by atoms with van der Waals surface area (Å²) in [5, 5.41) is 12.5. The van der Waals surface area contributed by atoms with E-state index in [-0.39, 0.29) is 6.61 Å². The quantitative estimate of drug-likeness (QED) is 0.803. The molecule has 2 N–H and O–H groups in total. The fraction of sp³-hybridized carbons (Fsp3) is 0.615. The molecule has 94 valence electrons. The van der Waals surface area contributed by atoms with Crippen molar-refractivity contribution in [2.45, 2.75) is 25.4 Å². The molecule has 0 bridgehead atoms. The van der Waals surface area contributed by atoms with E-state index in [1.807, 2.05) is 18.5 Å². The molecule has 1 aliphatic rings. The molecule has 1 fully saturated rings. The summed E-state index contributed by atoms with van der Waals surface area (Å²) in [5.74, 6) is 0. The van der Waals surface area contributed by atoms with Gasteiger partial charge in [0.05, 0.1) is 0 Å². The van der Waals surface area contributed by atoms with Crippen molar-refractivity contribution in [3.8, 4) is 0 Å². The van der Waals surface area contributed by atoms with E-state index < -0.39 is 0 Å². The van der Waals surface area contributed by atoms with Crippen molar-refractivity contribution < 1.29 is 5.11 Å². The highest BCUT2D eigenvalue weighted by molar-refractivity contribution is 5.08. The molecule has 0 aromatic carbocycles. The van der Waals surface area contributed by atoms with Gasteiger partial charge in [0.25, 0.3) is 0 Å². The van der Waals surface area contributed by atoms with Crippen molar-refractivity contribution in [3.05, 3.63) is 30.1 Å². The summed E-state index contributed by atoms with van der Waals surface area (Å²) in [5.41, 5.74) is 1.26. The number of aliphatic hydroxyl groups is 1. The van der Waals surface area contributed by atoms with E-state index in [2.05, 4.69) is 21.3 Å². The van der Waals surface area contributed by atoms with Crippen LogP contribution in [0.2, 0.25) is 0 Å². The Balaban J connectivity index is 1.90. The highest BCUT2D eigenvalue weighted by atomic mass is 16.3. The molecule has 1 saturated heterocycles. The highest BCUT2D eigenvalue weighted by Crippen LogP contribution is 2.08. The maximum atomic E-state index is 9.02. The predicted molar refractivity (Wildman–Crippen MR) is 67.6 cm³/mol. The monoisotopic (exact) mass is 235 g/mol. The maximum absolute atomic E-state index is 9.02. The average molecular weight is 235 g/mol. The number of nitrogens with one attached hydrogen (secondary N) is 1. The number of hydrogen-bond acceptors (Lipinski definition) is 4. The first-order valence-electron chi connectivity index (χ1n) is 6.34. The van der Waals surface area contributed by atoms with Crippen molar-refractivity contribution >= 4 is 0 Å². The van der Waals surface area contributed by atoms with Crippen LogP contribution in [0.1, 0.15) is 18.4 Å². The Morgan fingerprint density at radius 3 is 3.24 bits per heavy atom. The lowest BCUT2D eigenvalue weighted by atomic mass is 10.2. The van der Waals surface area contributed by atoms with Crippen LogP contribution in [0.4, 0.5) is 0 Å². The first kappa shape index (κ1) is 12.5. The molecular weight excluding hydrogens is 214 g/mol. The Hall–Kier alpha value is -0.970. The third-order valence-electron chi connectivity index (χ3n) is 3.17. The molecule has 4 heteroatoms. The van der Waals surface area contributed by atoms with Crippen LogP contribution in [-0.4, -0.2) is 47.3 Å². The van der Waals surface area contributed by atoms with Crippen molar-refractivity contribution in [2.24, 2.45) is 0 Å². The number of aliphatic hydroxyl groups excluding tert-OH is 1. The first-order valence-corrected chi connectivity index (χ1v) is 6.34. The minimum absolute atomic E-state index is 0.262. The van der Waals surface area contributed by atoms with Crippen LogP contribution >= 0.6 is 0 Å². The van der Waals surface area contributed by atoms with E-state index in [4.69, 9.17) is 5.11 Å². The van der Waals surface area contributed by atoms with Gasteiger partial charge in [0.2, 0.25) is 0 Å². The van der Waals surface area contributed by atoms with Gasteiger partial charge < -0.3 is 10.4 Å². The topological polar surface area (TPSA) is 48.4 Å². The van der Waals surface area contributed by atoms with Crippen LogP contribution in [0.25, 0.3) is 0 Å². The van der Waals surface area contributed by atoms with Crippen molar-refractivity contribution in [3.63, 3.8) is 0 Å². The summed E-state index contributed by atoms with van der Waals surface area (Å²) < 4.78 is 0. The minimum Gasteiger partial charge on any atom is -0.396 e. The smallest absolute Gasteiger partial charge is 0.0446 e. The van der Waals surface area contributed by atoms with Gasteiger partial charge in [0.1, 0.15) is 0 Å². The van der Waals surface area contributed by atoms with Crippen molar-refractivity contribution in [1.82, 2.24) is 15.2 Å². The Morgan fingerprint density at radius 2 is 2.47 bits per heavy atom. The largest absolute Gasteiger partial charge is 0.396 e. The van der Waals surface area contributed by atoms with E-state index in [0.29, 0.717) is 6.04 Å². The number of aromatic nitrogens is 1.